The SMILES string of the molecule is Cc1ccc(C(N)Cc2c(C)cccc2C)c(C)n1. The summed E-state index contributed by atoms with van der Waals surface area (Å²) in [5.74, 6) is 0. The quantitative estimate of drug-likeness (QED) is 0.909. The highest BCUT2D eigenvalue weighted by atomic mass is 14.7. The molecule has 2 N–H and O–H groups in total. The first-order chi connectivity index (χ1) is 8.99. The number of nitrogens with two attached hydrogens (primary N) is 1. The van der Waals surface area contributed by atoms with Crippen LogP contribution in [0.25, 0.3) is 0 Å². The van der Waals surface area contributed by atoms with E-state index in [0.717, 1.165) is 23.4 Å². The minimum atomic E-state index is 0.00731. The summed E-state index contributed by atoms with van der Waals surface area (Å²) in [4.78, 5) is 4.50. The van der Waals surface area contributed by atoms with Gasteiger partial charge in [0.1, 0.15) is 0 Å². The maximum atomic E-state index is 6.38. The van der Waals surface area contributed by atoms with Crippen LogP contribution < -0.4 is 5.73 Å². The molecular formula is C17H22N2. The number of aromatic nitrogens is 1. The van der Waals surface area contributed by atoms with Gasteiger partial charge >= 0.3 is 0 Å². The lowest BCUT2D eigenvalue weighted by Gasteiger charge is -2.17. The van der Waals surface area contributed by atoms with E-state index in [1.54, 1.807) is 0 Å². The van der Waals surface area contributed by atoms with E-state index in [0.29, 0.717) is 0 Å². The van der Waals surface area contributed by atoms with Crippen molar-refractivity contribution in [1.29, 1.82) is 0 Å². The van der Waals surface area contributed by atoms with Crippen molar-refractivity contribution in [1.82, 2.24) is 4.98 Å². The molecular weight excluding hydrogens is 232 g/mol. The third-order valence-electron chi connectivity index (χ3n) is 3.73. The second-order valence-electron chi connectivity index (χ2n) is 5.31. The van der Waals surface area contributed by atoms with E-state index >= 15 is 0 Å². The van der Waals surface area contributed by atoms with Crippen LogP contribution in [0.4, 0.5) is 0 Å². The predicted octanol–water partition coefficient (Wildman–Crippen LogP) is 3.56. The van der Waals surface area contributed by atoms with Gasteiger partial charge in [0.25, 0.3) is 0 Å². The third kappa shape index (κ3) is 3.02. The number of rotatable bonds is 3. The van der Waals surface area contributed by atoms with Crippen LogP contribution >= 0.6 is 0 Å². The molecule has 100 valence electrons. The highest BCUT2D eigenvalue weighted by Crippen LogP contribution is 2.23. The van der Waals surface area contributed by atoms with Crippen LogP contribution in [0.1, 0.15) is 39.7 Å². The van der Waals surface area contributed by atoms with E-state index < -0.39 is 0 Å². The Labute approximate surface area is 115 Å². The monoisotopic (exact) mass is 254 g/mol. The first kappa shape index (κ1) is 13.8. The molecule has 0 fully saturated rings. The smallest absolute Gasteiger partial charge is 0.0423 e. The zero-order valence-electron chi connectivity index (χ0n) is 12.2. The normalized spacial score (nSPS) is 12.5. The van der Waals surface area contributed by atoms with Gasteiger partial charge in [-0.25, -0.2) is 0 Å². The largest absolute Gasteiger partial charge is 0.324 e. The Morgan fingerprint density at radius 1 is 1.00 bits per heavy atom. The third-order valence-corrected chi connectivity index (χ3v) is 3.73. The van der Waals surface area contributed by atoms with Crippen LogP contribution in [0.5, 0.6) is 0 Å². The number of benzene rings is 1. The van der Waals surface area contributed by atoms with Crippen molar-refractivity contribution in [2.45, 2.75) is 40.2 Å². The Morgan fingerprint density at radius 2 is 1.63 bits per heavy atom. The summed E-state index contributed by atoms with van der Waals surface area (Å²) >= 11 is 0. The van der Waals surface area contributed by atoms with E-state index in [-0.39, 0.29) is 6.04 Å². The molecule has 2 aromatic rings. The van der Waals surface area contributed by atoms with Crippen LogP contribution in [-0.4, -0.2) is 4.98 Å². The second kappa shape index (κ2) is 5.54. The van der Waals surface area contributed by atoms with Gasteiger partial charge in [-0.15, -0.1) is 0 Å². The molecule has 0 bridgehead atoms. The van der Waals surface area contributed by atoms with Crippen molar-refractivity contribution in [3.05, 3.63) is 64.0 Å². The summed E-state index contributed by atoms with van der Waals surface area (Å²) in [6.07, 6.45) is 0.865. The molecule has 1 aromatic heterocycles. The molecule has 2 nitrogen and oxygen atoms in total. The highest BCUT2D eigenvalue weighted by molar-refractivity contribution is 5.36. The minimum absolute atomic E-state index is 0.00731. The number of aryl methyl sites for hydroxylation is 4. The lowest BCUT2D eigenvalue weighted by Crippen LogP contribution is -2.16. The molecule has 0 radical (unpaired) electrons. The van der Waals surface area contributed by atoms with E-state index in [9.17, 15) is 0 Å². The number of pyridine rings is 1. The summed E-state index contributed by atoms with van der Waals surface area (Å²) in [5.41, 5.74) is 13.6. The highest BCUT2D eigenvalue weighted by Gasteiger charge is 2.13. The van der Waals surface area contributed by atoms with Crippen LogP contribution in [0.3, 0.4) is 0 Å². The summed E-state index contributed by atoms with van der Waals surface area (Å²) in [7, 11) is 0. The molecule has 1 unspecified atom stereocenters. The molecule has 0 spiro atoms. The zero-order chi connectivity index (χ0) is 14.0. The minimum Gasteiger partial charge on any atom is -0.324 e. The number of hydrogen-bond donors (Lipinski definition) is 1. The van der Waals surface area contributed by atoms with Gasteiger partial charge in [-0.05, 0) is 62.4 Å². The fourth-order valence-corrected chi connectivity index (χ4v) is 2.59. The van der Waals surface area contributed by atoms with Gasteiger partial charge in [-0.1, -0.05) is 24.3 Å². The number of hydrogen-bond acceptors (Lipinski definition) is 2. The Hall–Kier alpha value is -1.67. The Bertz CT molecular complexity index is 568. The van der Waals surface area contributed by atoms with Crippen molar-refractivity contribution in [2.24, 2.45) is 5.73 Å². The van der Waals surface area contributed by atoms with Crippen molar-refractivity contribution in [2.75, 3.05) is 0 Å². The first-order valence-electron chi connectivity index (χ1n) is 6.74. The molecule has 0 aliphatic rings. The molecule has 1 atom stereocenters. The second-order valence-corrected chi connectivity index (χ2v) is 5.31. The van der Waals surface area contributed by atoms with Crippen LogP contribution in [0.2, 0.25) is 0 Å². The van der Waals surface area contributed by atoms with Crippen molar-refractivity contribution in [3.8, 4) is 0 Å². The van der Waals surface area contributed by atoms with E-state index in [1.165, 1.54) is 16.7 Å². The van der Waals surface area contributed by atoms with Crippen LogP contribution in [-0.2, 0) is 6.42 Å². The molecule has 2 heteroatoms. The number of nitrogens with zero attached hydrogens (tertiary/aromatic N) is 1. The molecule has 2 rings (SSSR count). The van der Waals surface area contributed by atoms with E-state index in [2.05, 4.69) is 43.1 Å². The van der Waals surface area contributed by atoms with Crippen molar-refractivity contribution < 1.29 is 0 Å². The van der Waals surface area contributed by atoms with Gasteiger partial charge in [-0.2, -0.15) is 0 Å². The van der Waals surface area contributed by atoms with Crippen LogP contribution in [0.15, 0.2) is 30.3 Å². The van der Waals surface area contributed by atoms with Crippen LogP contribution in [0, 0.1) is 27.7 Å². The molecule has 1 aromatic carbocycles. The maximum absolute atomic E-state index is 6.38. The topological polar surface area (TPSA) is 38.9 Å². The fraction of sp³-hybridized carbons (Fsp3) is 0.353. The van der Waals surface area contributed by atoms with Gasteiger partial charge in [0.05, 0.1) is 0 Å². The lowest BCUT2D eigenvalue weighted by atomic mass is 9.93. The van der Waals surface area contributed by atoms with Crippen molar-refractivity contribution in [3.63, 3.8) is 0 Å². The molecule has 0 saturated carbocycles. The molecule has 1 heterocycles. The lowest BCUT2D eigenvalue weighted by molar-refractivity contribution is 0.704. The fourth-order valence-electron chi connectivity index (χ4n) is 2.59. The maximum Gasteiger partial charge on any atom is 0.0423 e. The molecule has 0 aliphatic heterocycles. The van der Waals surface area contributed by atoms with Crippen molar-refractivity contribution >= 4 is 0 Å². The average Bonchev–Trinajstić information content (AvgIpc) is 2.33. The molecule has 19 heavy (non-hydrogen) atoms. The Morgan fingerprint density at radius 3 is 2.21 bits per heavy atom. The molecule has 0 aliphatic carbocycles. The zero-order valence-corrected chi connectivity index (χ0v) is 12.2. The van der Waals surface area contributed by atoms with Gasteiger partial charge in [0.2, 0.25) is 0 Å². The van der Waals surface area contributed by atoms with Gasteiger partial charge in [0, 0.05) is 17.4 Å². The summed E-state index contributed by atoms with van der Waals surface area (Å²) in [5, 5.41) is 0. The van der Waals surface area contributed by atoms with E-state index in [1.807, 2.05) is 19.9 Å². The van der Waals surface area contributed by atoms with E-state index in [4.69, 9.17) is 5.73 Å². The Balaban J connectivity index is 2.28. The Kier molecular flexibility index (Phi) is 4.01. The molecule has 0 amide bonds. The van der Waals surface area contributed by atoms with Gasteiger partial charge < -0.3 is 5.73 Å². The molecule has 0 saturated heterocycles. The predicted molar refractivity (Wildman–Crippen MR) is 80.3 cm³/mol. The first-order valence-corrected chi connectivity index (χ1v) is 6.74. The summed E-state index contributed by atoms with van der Waals surface area (Å²) < 4.78 is 0. The van der Waals surface area contributed by atoms with Gasteiger partial charge in [-0.3, -0.25) is 4.98 Å². The summed E-state index contributed by atoms with van der Waals surface area (Å²) in [6, 6.07) is 10.5. The average molecular weight is 254 g/mol. The standard InChI is InChI=1S/C17H22N2/c1-11-6-5-7-12(2)16(11)10-17(18)15-9-8-13(3)19-14(15)4/h5-9,17H,10,18H2,1-4H3. The summed E-state index contributed by atoms with van der Waals surface area (Å²) in [6.45, 7) is 8.34. The van der Waals surface area contributed by atoms with Gasteiger partial charge in [0.15, 0.2) is 0 Å².